The third kappa shape index (κ3) is 4.67. The van der Waals surface area contributed by atoms with Crippen molar-refractivity contribution in [3.63, 3.8) is 0 Å². The Labute approximate surface area is 162 Å². The van der Waals surface area contributed by atoms with Gasteiger partial charge in [0, 0.05) is 11.3 Å². The Bertz CT molecular complexity index is 562. The Morgan fingerprint density at radius 2 is 2.00 bits per heavy atom. The SMILES string of the molecule is CCOC(=O)NC(=O)C1CCSC1NC(=O)C1NC2CCC(C)CC2S1. The highest BCUT2D eigenvalue weighted by Gasteiger charge is 2.42. The van der Waals surface area contributed by atoms with Gasteiger partial charge in [0.15, 0.2) is 0 Å². The highest BCUT2D eigenvalue weighted by atomic mass is 32.2. The topological polar surface area (TPSA) is 96.5 Å². The summed E-state index contributed by atoms with van der Waals surface area (Å²) in [7, 11) is 0. The Hall–Kier alpha value is -0.930. The number of carbonyl (C=O) groups is 3. The van der Waals surface area contributed by atoms with Crippen LogP contribution in [0.1, 0.15) is 39.5 Å². The van der Waals surface area contributed by atoms with Gasteiger partial charge in [0.05, 0.1) is 17.9 Å². The summed E-state index contributed by atoms with van der Waals surface area (Å²) in [4.78, 5) is 36.4. The molecule has 2 heterocycles. The second kappa shape index (κ2) is 8.84. The summed E-state index contributed by atoms with van der Waals surface area (Å²) < 4.78 is 4.75. The van der Waals surface area contributed by atoms with Crippen molar-refractivity contribution in [3.05, 3.63) is 0 Å². The Balaban J connectivity index is 1.52. The van der Waals surface area contributed by atoms with Gasteiger partial charge in [0.1, 0.15) is 5.37 Å². The molecule has 6 atom stereocenters. The second-order valence-corrected chi connectivity index (χ2v) is 9.75. The third-order valence-corrected chi connectivity index (χ3v) is 7.95. The van der Waals surface area contributed by atoms with Gasteiger partial charge in [-0.05, 0) is 44.3 Å². The average molecular weight is 402 g/mol. The van der Waals surface area contributed by atoms with Gasteiger partial charge in [-0.25, -0.2) is 4.79 Å². The van der Waals surface area contributed by atoms with Crippen LogP contribution in [0.2, 0.25) is 0 Å². The van der Waals surface area contributed by atoms with Gasteiger partial charge < -0.3 is 10.1 Å². The van der Waals surface area contributed by atoms with Gasteiger partial charge in [-0.1, -0.05) is 6.92 Å². The maximum Gasteiger partial charge on any atom is 0.413 e. The average Bonchev–Trinajstić information content (AvgIpc) is 3.21. The fourth-order valence-corrected chi connectivity index (χ4v) is 6.77. The summed E-state index contributed by atoms with van der Waals surface area (Å²) in [6.07, 6.45) is 3.37. The summed E-state index contributed by atoms with van der Waals surface area (Å²) >= 11 is 3.26. The van der Waals surface area contributed by atoms with Gasteiger partial charge >= 0.3 is 6.09 Å². The number of alkyl carbamates (subject to hydrolysis) is 1. The minimum absolute atomic E-state index is 0.0645. The van der Waals surface area contributed by atoms with Crippen molar-refractivity contribution < 1.29 is 19.1 Å². The van der Waals surface area contributed by atoms with Crippen LogP contribution in [0.25, 0.3) is 0 Å². The molecule has 0 bridgehead atoms. The maximum atomic E-state index is 12.7. The monoisotopic (exact) mass is 401 g/mol. The second-order valence-electron chi connectivity index (χ2n) is 7.15. The van der Waals surface area contributed by atoms with Gasteiger partial charge in [-0.2, -0.15) is 0 Å². The van der Waals surface area contributed by atoms with E-state index in [1.165, 1.54) is 6.42 Å². The van der Waals surface area contributed by atoms with Crippen molar-refractivity contribution in [2.75, 3.05) is 12.4 Å². The van der Waals surface area contributed by atoms with E-state index in [1.807, 2.05) is 0 Å². The molecule has 3 rings (SSSR count). The van der Waals surface area contributed by atoms with E-state index in [0.717, 1.165) is 18.6 Å². The first-order valence-electron chi connectivity index (χ1n) is 9.29. The first-order valence-corrected chi connectivity index (χ1v) is 11.3. The minimum Gasteiger partial charge on any atom is -0.450 e. The molecule has 2 saturated heterocycles. The summed E-state index contributed by atoms with van der Waals surface area (Å²) in [6.45, 7) is 4.17. The lowest BCUT2D eigenvalue weighted by Gasteiger charge is -2.28. The molecule has 0 radical (unpaired) electrons. The Morgan fingerprint density at radius 3 is 2.77 bits per heavy atom. The summed E-state index contributed by atoms with van der Waals surface area (Å²) in [5.74, 6) is 0.634. The zero-order valence-corrected chi connectivity index (χ0v) is 16.8. The number of thioether (sulfide) groups is 2. The molecule has 3 aliphatic rings. The number of rotatable bonds is 4. The third-order valence-electron chi connectivity index (χ3n) is 5.18. The van der Waals surface area contributed by atoms with Crippen LogP contribution in [0, 0.1) is 11.8 Å². The molecule has 7 nitrogen and oxygen atoms in total. The number of nitrogens with one attached hydrogen (secondary N) is 3. The number of imide groups is 1. The zero-order valence-electron chi connectivity index (χ0n) is 15.2. The lowest BCUT2D eigenvalue weighted by Crippen LogP contribution is -2.49. The van der Waals surface area contributed by atoms with Crippen LogP contribution in [0.5, 0.6) is 0 Å². The lowest BCUT2D eigenvalue weighted by molar-refractivity contribution is -0.125. The first kappa shape index (κ1) is 19.8. The van der Waals surface area contributed by atoms with Gasteiger partial charge in [-0.15, -0.1) is 23.5 Å². The van der Waals surface area contributed by atoms with Crippen LogP contribution in [-0.4, -0.2) is 52.3 Å². The molecule has 1 saturated carbocycles. The molecule has 26 heavy (non-hydrogen) atoms. The molecule has 9 heteroatoms. The van der Waals surface area contributed by atoms with Crippen molar-refractivity contribution in [1.82, 2.24) is 16.0 Å². The van der Waals surface area contributed by atoms with Gasteiger partial charge in [0.25, 0.3) is 0 Å². The number of fused-ring (bicyclic) bond motifs is 1. The van der Waals surface area contributed by atoms with Crippen LogP contribution < -0.4 is 16.0 Å². The van der Waals surface area contributed by atoms with Crippen LogP contribution in [0.3, 0.4) is 0 Å². The Kier molecular flexibility index (Phi) is 6.74. The molecule has 0 aromatic carbocycles. The van der Waals surface area contributed by atoms with Crippen molar-refractivity contribution in [2.45, 2.75) is 61.6 Å². The summed E-state index contributed by atoms with van der Waals surface area (Å²) in [5, 5.41) is 8.64. The quantitative estimate of drug-likeness (QED) is 0.659. The van der Waals surface area contributed by atoms with Crippen LogP contribution in [-0.2, 0) is 14.3 Å². The van der Waals surface area contributed by atoms with E-state index in [9.17, 15) is 14.4 Å². The van der Waals surface area contributed by atoms with Crippen molar-refractivity contribution in [1.29, 1.82) is 0 Å². The molecule has 2 aliphatic heterocycles. The summed E-state index contributed by atoms with van der Waals surface area (Å²) in [5.41, 5.74) is 0. The van der Waals surface area contributed by atoms with Gasteiger partial charge in [-0.3, -0.25) is 20.2 Å². The van der Waals surface area contributed by atoms with Crippen LogP contribution in [0.15, 0.2) is 0 Å². The van der Waals surface area contributed by atoms with Crippen molar-refractivity contribution in [2.24, 2.45) is 11.8 Å². The molecule has 0 aromatic rings. The molecule has 6 unspecified atom stereocenters. The molecular weight excluding hydrogens is 374 g/mol. The fraction of sp³-hybridized carbons (Fsp3) is 0.824. The normalized spacial score (nSPS) is 36.2. The standard InChI is InChI=1S/C17H27N3O4S2/c1-3-24-17(23)20-13(21)10-6-7-25-15(10)19-14(22)16-18-11-5-4-9(2)8-12(11)26-16/h9-12,15-16,18H,3-8H2,1-2H3,(H,19,22)(H,20,21,23). The minimum atomic E-state index is -0.731. The highest BCUT2D eigenvalue weighted by molar-refractivity contribution is 8.01. The van der Waals surface area contributed by atoms with Gasteiger partial charge in [0.2, 0.25) is 11.8 Å². The van der Waals surface area contributed by atoms with Crippen molar-refractivity contribution in [3.8, 4) is 0 Å². The molecule has 0 spiro atoms. The molecule has 3 N–H and O–H groups in total. The van der Waals surface area contributed by atoms with E-state index in [0.29, 0.717) is 23.6 Å². The smallest absolute Gasteiger partial charge is 0.413 e. The molecule has 3 amide bonds. The van der Waals surface area contributed by atoms with E-state index in [-0.39, 0.29) is 29.2 Å². The number of hydrogen-bond donors (Lipinski definition) is 3. The van der Waals surface area contributed by atoms with Crippen LogP contribution >= 0.6 is 23.5 Å². The van der Waals surface area contributed by atoms with E-state index in [4.69, 9.17) is 4.74 Å². The largest absolute Gasteiger partial charge is 0.450 e. The zero-order chi connectivity index (χ0) is 18.7. The van der Waals surface area contributed by atoms with E-state index in [2.05, 4.69) is 22.9 Å². The maximum absolute atomic E-state index is 12.7. The van der Waals surface area contributed by atoms with E-state index >= 15 is 0 Å². The van der Waals surface area contributed by atoms with E-state index < -0.39 is 12.0 Å². The molecule has 146 valence electrons. The molecule has 1 aliphatic carbocycles. The number of carbonyl (C=O) groups excluding carboxylic acids is 3. The highest BCUT2D eigenvalue weighted by Crippen LogP contribution is 2.39. The van der Waals surface area contributed by atoms with Crippen LogP contribution in [0.4, 0.5) is 4.79 Å². The van der Waals surface area contributed by atoms with E-state index in [1.54, 1.807) is 30.4 Å². The molecular formula is C17H27N3O4S2. The fourth-order valence-electron chi connectivity index (χ4n) is 3.79. The lowest BCUT2D eigenvalue weighted by atomic mass is 9.87. The summed E-state index contributed by atoms with van der Waals surface area (Å²) in [6, 6.07) is 0.408. The first-order chi connectivity index (χ1) is 12.5. The van der Waals surface area contributed by atoms with Crippen molar-refractivity contribution >= 4 is 41.4 Å². The predicted octanol–water partition coefficient (Wildman–Crippen LogP) is 1.67. The molecule has 3 fully saturated rings. The predicted molar refractivity (Wildman–Crippen MR) is 103 cm³/mol. The number of amides is 3. The number of hydrogen-bond acceptors (Lipinski definition) is 7. The number of ether oxygens (including phenoxy) is 1. The molecule has 0 aromatic heterocycles. The Morgan fingerprint density at radius 1 is 1.19 bits per heavy atom.